The van der Waals surface area contributed by atoms with Gasteiger partial charge in [-0.2, -0.15) is 0 Å². The van der Waals surface area contributed by atoms with Crippen LogP contribution in [0.2, 0.25) is 0 Å². The molecule has 1 amide bonds. The number of nitrogens with two attached hydrogens (primary N) is 1. The van der Waals surface area contributed by atoms with Gasteiger partial charge in [0.1, 0.15) is 5.70 Å². The fourth-order valence-corrected chi connectivity index (χ4v) is 1.40. The highest BCUT2D eigenvalue weighted by Gasteiger charge is 2.18. The first-order valence-corrected chi connectivity index (χ1v) is 5.02. The molecule has 0 saturated heterocycles. The van der Waals surface area contributed by atoms with Gasteiger partial charge in [-0.1, -0.05) is 12.8 Å². The van der Waals surface area contributed by atoms with Gasteiger partial charge in [0.2, 0.25) is 0 Å². The van der Waals surface area contributed by atoms with Gasteiger partial charge in [0.05, 0.1) is 12.0 Å². The van der Waals surface area contributed by atoms with Gasteiger partial charge in [0.25, 0.3) is 5.91 Å². The molecule has 0 fully saturated rings. The predicted molar refractivity (Wildman–Crippen MR) is 64.2 cm³/mol. The number of carbonyl (C=O) groups excluding carboxylic acids is 1. The second-order valence-electron chi connectivity index (χ2n) is 3.71. The minimum absolute atomic E-state index is 0.217. The Hall–Kier alpha value is -2.02. The summed E-state index contributed by atoms with van der Waals surface area (Å²) in [7, 11) is 0. The average Bonchev–Trinajstić information content (AvgIpc) is 2.25. The molecular formula is C12H15N3O. The molecule has 0 aliphatic carbocycles. The zero-order valence-electron chi connectivity index (χ0n) is 9.45. The second-order valence-corrected chi connectivity index (χ2v) is 3.71. The van der Waals surface area contributed by atoms with Crippen molar-refractivity contribution in [1.82, 2.24) is 5.32 Å². The van der Waals surface area contributed by atoms with Crippen molar-refractivity contribution < 1.29 is 4.79 Å². The molecule has 1 aliphatic rings. The van der Waals surface area contributed by atoms with Gasteiger partial charge < -0.3 is 11.1 Å². The highest BCUT2D eigenvalue weighted by molar-refractivity contribution is 5.97. The number of hydrogen-bond acceptors (Lipinski definition) is 3. The summed E-state index contributed by atoms with van der Waals surface area (Å²) in [4.78, 5) is 15.7. The molecule has 16 heavy (non-hydrogen) atoms. The van der Waals surface area contributed by atoms with Crippen molar-refractivity contribution in [2.75, 3.05) is 0 Å². The molecule has 0 aromatic rings. The van der Waals surface area contributed by atoms with E-state index in [0.717, 1.165) is 12.0 Å². The first kappa shape index (κ1) is 12.1. The lowest BCUT2D eigenvalue weighted by molar-refractivity contribution is -0.117. The van der Waals surface area contributed by atoms with Gasteiger partial charge in [-0.15, -0.1) is 6.42 Å². The first-order chi connectivity index (χ1) is 7.56. The molecule has 1 heterocycles. The molecule has 1 atom stereocenters. The molecule has 0 radical (unpaired) electrons. The van der Waals surface area contributed by atoms with E-state index in [2.05, 4.69) is 16.2 Å². The Labute approximate surface area is 95.3 Å². The SMILES string of the molecule is C#C/C=N\C1=C(/C)C(C)C/C=C(\N)NC1=O. The topological polar surface area (TPSA) is 67.5 Å². The maximum Gasteiger partial charge on any atom is 0.275 e. The zero-order chi connectivity index (χ0) is 12.1. The highest BCUT2D eigenvalue weighted by atomic mass is 16.2. The fraction of sp³-hybridized carbons (Fsp3) is 0.333. The van der Waals surface area contributed by atoms with E-state index in [1.807, 2.05) is 13.8 Å². The van der Waals surface area contributed by atoms with Crippen LogP contribution in [-0.2, 0) is 4.79 Å². The van der Waals surface area contributed by atoms with Crippen molar-refractivity contribution >= 4 is 12.1 Å². The third kappa shape index (κ3) is 2.74. The van der Waals surface area contributed by atoms with Crippen molar-refractivity contribution in [3.63, 3.8) is 0 Å². The quantitative estimate of drug-likeness (QED) is 0.506. The predicted octanol–water partition coefficient (Wildman–Crippen LogP) is 0.921. The van der Waals surface area contributed by atoms with Gasteiger partial charge in [-0.05, 0) is 30.9 Å². The maximum atomic E-state index is 11.8. The van der Waals surface area contributed by atoms with Crippen molar-refractivity contribution in [2.24, 2.45) is 16.6 Å². The zero-order valence-corrected chi connectivity index (χ0v) is 9.45. The smallest absolute Gasteiger partial charge is 0.275 e. The van der Waals surface area contributed by atoms with E-state index in [4.69, 9.17) is 12.2 Å². The van der Waals surface area contributed by atoms with E-state index in [1.54, 1.807) is 6.08 Å². The summed E-state index contributed by atoms with van der Waals surface area (Å²) >= 11 is 0. The summed E-state index contributed by atoms with van der Waals surface area (Å²) in [6.45, 7) is 3.89. The number of amides is 1. The summed E-state index contributed by atoms with van der Waals surface area (Å²) in [6.07, 6.45) is 8.92. The fourth-order valence-electron chi connectivity index (χ4n) is 1.40. The number of terminal acetylenes is 1. The molecular weight excluding hydrogens is 202 g/mol. The van der Waals surface area contributed by atoms with Crippen molar-refractivity contribution in [3.05, 3.63) is 23.2 Å². The average molecular weight is 217 g/mol. The normalized spacial score (nSPS) is 29.9. The number of nitrogens with one attached hydrogen (secondary N) is 1. The van der Waals surface area contributed by atoms with Crippen molar-refractivity contribution in [2.45, 2.75) is 20.3 Å². The maximum absolute atomic E-state index is 11.8. The summed E-state index contributed by atoms with van der Waals surface area (Å²) in [5.41, 5.74) is 6.87. The number of allylic oxidation sites excluding steroid dienone is 2. The van der Waals surface area contributed by atoms with E-state index < -0.39 is 0 Å². The van der Waals surface area contributed by atoms with Crippen molar-refractivity contribution in [3.8, 4) is 12.3 Å². The van der Waals surface area contributed by atoms with E-state index in [0.29, 0.717) is 11.5 Å². The number of aliphatic imine (C=N–C) groups is 1. The van der Waals surface area contributed by atoms with E-state index in [-0.39, 0.29) is 11.8 Å². The Morgan fingerprint density at radius 3 is 3.06 bits per heavy atom. The lowest BCUT2D eigenvalue weighted by Crippen LogP contribution is -2.30. The molecule has 84 valence electrons. The van der Waals surface area contributed by atoms with Crippen LogP contribution in [0.25, 0.3) is 0 Å². The van der Waals surface area contributed by atoms with Crippen LogP contribution in [0.5, 0.6) is 0 Å². The largest absolute Gasteiger partial charge is 0.385 e. The molecule has 4 nitrogen and oxygen atoms in total. The van der Waals surface area contributed by atoms with Crippen LogP contribution in [0.4, 0.5) is 0 Å². The van der Waals surface area contributed by atoms with Crippen LogP contribution in [0, 0.1) is 18.3 Å². The molecule has 0 bridgehead atoms. The molecule has 1 aliphatic heterocycles. The number of carbonyl (C=O) groups is 1. The summed E-state index contributed by atoms with van der Waals surface area (Å²) in [5, 5.41) is 2.55. The molecule has 0 aromatic carbocycles. The first-order valence-electron chi connectivity index (χ1n) is 5.02. The van der Waals surface area contributed by atoms with Crippen LogP contribution >= 0.6 is 0 Å². The Balaban J connectivity index is 3.12. The van der Waals surface area contributed by atoms with Crippen molar-refractivity contribution in [1.29, 1.82) is 0 Å². The van der Waals surface area contributed by atoms with E-state index in [1.165, 1.54) is 6.21 Å². The van der Waals surface area contributed by atoms with Crippen LogP contribution in [0.15, 0.2) is 28.2 Å². The third-order valence-electron chi connectivity index (χ3n) is 2.55. The summed E-state index contributed by atoms with van der Waals surface area (Å²) in [6, 6.07) is 0. The van der Waals surface area contributed by atoms with Crippen LogP contribution in [0.1, 0.15) is 20.3 Å². The van der Waals surface area contributed by atoms with Crippen LogP contribution in [0.3, 0.4) is 0 Å². The van der Waals surface area contributed by atoms with Gasteiger partial charge in [-0.3, -0.25) is 4.79 Å². The Bertz CT molecular complexity index is 424. The molecule has 1 unspecified atom stereocenters. The van der Waals surface area contributed by atoms with Gasteiger partial charge in [0.15, 0.2) is 0 Å². The second kappa shape index (κ2) is 5.17. The Morgan fingerprint density at radius 1 is 1.75 bits per heavy atom. The summed E-state index contributed by atoms with van der Waals surface area (Å²) in [5.74, 6) is 2.53. The van der Waals surface area contributed by atoms with Gasteiger partial charge in [0, 0.05) is 0 Å². The standard InChI is InChI=1S/C12H15N3O/c1-4-7-14-11-9(3)8(2)5-6-10(13)15-12(11)16/h1,6-8H,5,13H2,2-3H3,(H,15,16)/b10-6+,11-9+,14-7-. The monoisotopic (exact) mass is 217 g/mol. The number of rotatable bonds is 1. The molecule has 4 heteroatoms. The summed E-state index contributed by atoms with van der Waals surface area (Å²) < 4.78 is 0. The lowest BCUT2D eigenvalue weighted by Gasteiger charge is -2.17. The van der Waals surface area contributed by atoms with Gasteiger partial charge >= 0.3 is 0 Å². The minimum Gasteiger partial charge on any atom is -0.385 e. The van der Waals surface area contributed by atoms with Crippen LogP contribution < -0.4 is 11.1 Å². The van der Waals surface area contributed by atoms with E-state index >= 15 is 0 Å². The number of nitrogens with zero attached hydrogens (tertiary/aromatic N) is 1. The molecule has 0 aromatic heterocycles. The highest BCUT2D eigenvalue weighted by Crippen LogP contribution is 2.21. The van der Waals surface area contributed by atoms with E-state index in [9.17, 15) is 4.79 Å². The molecule has 0 spiro atoms. The molecule has 0 saturated carbocycles. The Kier molecular flexibility index (Phi) is 3.90. The van der Waals surface area contributed by atoms with Gasteiger partial charge in [-0.25, -0.2) is 4.99 Å². The Morgan fingerprint density at radius 2 is 2.44 bits per heavy atom. The minimum atomic E-state index is -0.315. The molecule has 3 N–H and O–H groups in total. The molecule has 1 rings (SSSR count). The lowest BCUT2D eigenvalue weighted by atomic mass is 9.95. The third-order valence-corrected chi connectivity index (χ3v) is 2.55. The number of hydrogen-bond donors (Lipinski definition) is 2. The van der Waals surface area contributed by atoms with Crippen LogP contribution in [-0.4, -0.2) is 12.1 Å².